The normalized spacial score (nSPS) is 15.7. The second-order valence-electron chi connectivity index (χ2n) is 8.23. The molecule has 164 valence electrons. The maximum Gasteiger partial charge on any atom is 0.229 e. The summed E-state index contributed by atoms with van der Waals surface area (Å²) < 4.78 is 5.44. The van der Waals surface area contributed by atoms with Crippen LogP contribution in [0.4, 0.5) is 28.8 Å². The number of anilines is 5. The number of nitrogens with zero attached hydrogens (tertiary/aromatic N) is 3. The lowest BCUT2D eigenvalue weighted by molar-refractivity contribution is 0.122. The fourth-order valence-corrected chi connectivity index (χ4v) is 4.24. The van der Waals surface area contributed by atoms with E-state index in [1.54, 1.807) is 0 Å². The smallest absolute Gasteiger partial charge is 0.229 e. The average molecular weight is 428 g/mol. The lowest BCUT2D eigenvalue weighted by Crippen LogP contribution is -2.36. The van der Waals surface area contributed by atoms with Gasteiger partial charge >= 0.3 is 0 Å². The Labute approximate surface area is 189 Å². The van der Waals surface area contributed by atoms with E-state index >= 15 is 0 Å². The molecule has 2 aliphatic heterocycles. The summed E-state index contributed by atoms with van der Waals surface area (Å²) in [6, 6.07) is 15.0. The van der Waals surface area contributed by atoms with Gasteiger partial charge in [-0.2, -0.15) is 4.98 Å². The molecule has 0 bridgehead atoms. The van der Waals surface area contributed by atoms with E-state index in [1.807, 2.05) is 6.20 Å². The van der Waals surface area contributed by atoms with Crippen molar-refractivity contribution in [3.63, 3.8) is 0 Å². The Morgan fingerprint density at radius 2 is 1.81 bits per heavy atom. The van der Waals surface area contributed by atoms with Crippen LogP contribution < -0.4 is 26.3 Å². The Kier molecular flexibility index (Phi) is 6.23. The van der Waals surface area contributed by atoms with Crippen molar-refractivity contribution in [3.05, 3.63) is 59.8 Å². The number of hydrogen-bond acceptors (Lipinski definition) is 7. The molecule has 0 atom stereocenters. The van der Waals surface area contributed by atoms with Crippen molar-refractivity contribution in [1.29, 1.82) is 0 Å². The highest BCUT2D eigenvalue weighted by Gasteiger charge is 2.13. The van der Waals surface area contributed by atoms with Crippen LogP contribution >= 0.6 is 0 Å². The molecule has 0 radical (unpaired) electrons. The molecule has 0 amide bonds. The molecule has 0 aliphatic carbocycles. The van der Waals surface area contributed by atoms with E-state index in [0.29, 0.717) is 5.95 Å². The van der Waals surface area contributed by atoms with E-state index in [9.17, 15) is 0 Å². The largest absolute Gasteiger partial charge is 0.378 e. The summed E-state index contributed by atoms with van der Waals surface area (Å²) in [4.78, 5) is 11.7. The standard InChI is InChI=1S/C24H29BN6O/c1-25-22-16-27-24(29-19-4-6-21(7-5-19)31-10-12-32-13-11-31)30-23(22)28-20-3-2-17-8-9-26-15-18(17)14-20/h2-7,14,16,25-26H,8-13,15H2,1H3,(H2,27,28,29,30). The number of aromatic nitrogens is 2. The van der Waals surface area contributed by atoms with E-state index in [2.05, 4.69) is 75.1 Å². The minimum atomic E-state index is 0.587. The molecule has 3 N–H and O–H groups in total. The van der Waals surface area contributed by atoms with Crippen molar-refractivity contribution in [2.75, 3.05) is 48.4 Å². The molecule has 7 nitrogen and oxygen atoms in total. The van der Waals surface area contributed by atoms with Gasteiger partial charge in [-0.3, -0.25) is 0 Å². The quantitative estimate of drug-likeness (QED) is 0.521. The van der Waals surface area contributed by atoms with Crippen LogP contribution in [0.25, 0.3) is 0 Å². The second kappa shape index (κ2) is 9.59. The monoisotopic (exact) mass is 428 g/mol. The summed E-state index contributed by atoms with van der Waals surface area (Å²) in [5.74, 6) is 1.43. The highest BCUT2D eigenvalue weighted by atomic mass is 16.5. The SMILES string of the molecule is CBc1cnc(Nc2ccc(N3CCOCC3)cc2)nc1Nc1ccc2c(c1)CNCC2. The van der Waals surface area contributed by atoms with Crippen molar-refractivity contribution in [1.82, 2.24) is 15.3 Å². The van der Waals surface area contributed by atoms with E-state index in [1.165, 1.54) is 16.8 Å². The summed E-state index contributed by atoms with van der Waals surface area (Å²) in [5.41, 5.74) is 7.11. The fourth-order valence-electron chi connectivity index (χ4n) is 4.24. The number of ether oxygens (including phenoxy) is 1. The zero-order chi connectivity index (χ0) is 21.8. The molecule has 3 aromatic rings. The van der Waals surface area contributed by atoms with Crippen LogP contribution in [0.15, 0.2) is 48.7 Å². The van der Waals surface area contributed by atoms with Gasteiger partial charge in [-0.25, -0.2) is 4.98 Å². The van der Waals surface area contributed by atoms with E-state index in [4.69, 9.17) is 9.72 Å². The van der Waals surface area contributed by atoms with Gasteiger partial charge in [-0.05, 0) is 66.0 Å². The zero-order valence-electron chi connectivity index (χ0n) is 18.5. The van der Waals surface area contributed by atoms with Gasteiger partial charge in [0, 0.05) is 42.9 Å². The van der Waals surface area contributed by atoms with E-state index in [-0.39, 0.29) is 0 Å². The van der Waals surface area contributed by atoms with Crippen LogP contribution in [-0.2, 0) is 17.7 Å². The summed E-state index contributed by atoms with van der Waals surface area (Å²) in [7, 11) is 0.864. The van der Waals surface area contributed by atoms with Gasteiger partial charge in [0.05, 0.1) is 13.2 Å². The summed E-state index contributed by atoms with van der Waals surface area (Å²) >= 11 is 0. The number of morpholine rings is 1. The van der Waals surface area contributed by atoms with E-state index in [0.717, 1.165) is 75.7 Å². The minimum Gasteiger partial charge on any atom is -0.378 e. The molecule has 1 aromatic heterocycles. The molecule has 3 heterocycles. The van der Waals surface area contributed by atoms with Gasteiger partial charge in [0.25, 0.3) is 0 Å². The van der Waals surface area contributed by atoms with Gasteiger partial charge in [0.15, 0.2) is 7.28 Å². The first-order valence-electron chi connectivity index (χ1n) is 11.4. The van der Waals surface area contributed by atoms with Crippen LogP contribution in [0.3, 0.4) is 0 Å². The van der Waals surface area contributed by atoms with Gasteiger partial charge in [0.2, 0.25) is 5.95 Å². The summed E-state index contributed by atoms with van der Waals surface area (Å²) in [6.07, 6.45) is 2.99. The summed E-state index contributed by atoms with van der Waals surface area (Å²) in [5, 5.41) is 10.3. The van der Waals surface area contributed by atoms with Gasteiger partial charge in [-0.1, -0.05) is 12.9 Å². The molecule has 32 heavy (non-hydrogen) atoms. The van der Waals surface area contributed by atoms with Crippen molar-refractivity contribution >= 4 is 41.6 Å². The molecular weight excluding hydrogens is 399 g/mol. The Balaban J connectivity index is 1.31. The molecule has 0 saturated carbocycles. The third kappa shape index (κ3) is 4.71. The Morgan fingerprint density at radius 3 is 2.62 bits per heavy atom. The van der Waals surface area contributed by atoms with Crippen LogP contribution in [-0.4, -0.2) is 50.1 Å². The number of nitrogens with one attached hydrogen (secondary N) is 3. The highest BCUT2D eigenvalue weighted by molar-refractivity contribution is 6.53. The van der Waals surface area contributed by atoms with Crippen molar-refractivity contribution < 1.29 is 4.74 Å². The lowest BCUT2D eigenvalue weighted by Gasteiger charge is -2.28. The lowest BCUT2D eigenvalue weighted by atomic mass is 9.74. The predicted molar refractivity (Wildman–Crippen MR) is 133 cm³/mol. The molecule has 8 heteroatoms. The molecule has 5 rings (SSSR count). The van der Waals surface area contributed by atoms with Crippen LogP contribution in [0.2, 0.25) is 6.82 Å². The zero-order valence-corrected chi connectivity index (χ0v) is 18.5. The Bertz CT molecular complexity index is 1070. The first-order chi connectivity index (χ1) is 15.8. The molecule has 0 spiro atoms. The maximum atomic E-state index is 5.44. The molecule has 1 fully saturated rings. The number of fused-ring (bicyclic) bond motifs is 1. The predicted octanol–water partition coefficient (Wildman–Crippen LogP) is 2.56. The summed E-state index contributed by atoms with van der Waals surface area (Å²) in [6.45, 7) is 7.53. The highest BCUT2D eigenvalue weighted by Crippen LogP contribution is 2.23. The first-order valence-corrected chi connectivity index (χ1v) is 11.4. The van der Waals surface area contributed by atoms with Crippen molar-refractivity contribution in [3.8, 4) is 0 Å². The molecule has 2 aliphatic rings. The molecule has 1 saturated heterocycles. The van der Waals surface area contributed by atoms with E-state index < -0.39 is 0 Å². The van der Waals surface area contributed by atoms with Gasteiger partial charge < -0.3 is 25.6 Å². The van der Waals surface area contributed by atoms with Crippen molar-refractivity contribution in [2.45, 2.75) is 19.8 Å². The Morgan fingerprint density at radius 1 is 1.00 bits per heavy atom. The third-order valence-electron chi connectivity index (χ3n) is 6.10. The van der Waals surface area contributed by atoms with Crippen LogP contribution in [0, 0.1) is 0 Å². The topological polar surface area (TPSA) is 74.3 Å². The number of benzene rings is 2. The van der Waals surface area contributed by atoms with Crippen LogP contribution in [0.1, 0.15) is 11.1 Å². The minimum absolute atomic E-state index is 0.587. The number of hydrogen-bond donors (Lipinski definition) is 3. The van der Waals surface area contributed by atoms with Crippen LogP contribution in [0.5, 0.6) is 0 Å². The Hall–Kier alpha value is -3.10. The first kappa shape index (κ1) is 20.8. The molecule has 2 aromatic carbocycles. The number of rotatable bonds is 6. The van der Waals surface area contributed by atoms with Gasteiger partial charge in [0.1, 0.15) is 5.82 Å². The average Bonchev–Trinajstić information content (AvgIpc) is 2.85. The molecular formula is C24H29BN6O. The molecule has 0 unspecified atom stereocenters. The van der Waals surface area contributed by atoms with Crippen molar-refractivity contribution in [2.24, 2.45) is 0 Å². The maximum absolute atomic E-state index is 5.44. The fraction of sp³-hybridized carbons (Fsp3) is 0.333. The third-order valence-corrected chi connectivity index (χ3v) is 6.10. The van der Waals surface area contributed by atoms with Gasteiger partial charge in [-0.15, -0.1) is 0 Å². The second-order valence-corrected chi connectivity index (χ2v) is 8.23.